The van der Waals surface area contributed by atoms with E-state index in [1.165, 1.54) is 5.56 Å². The van der Waals surface area contributed by atoms with Crippen molar-refractivity contribution in [2.75, 3.05) is 7.11 Å². The molecule has 2 aromatic rings. The average Bonchev–Trinajstić information content (AvgIpc) is 2.90. The van der Waals surface area contributed by atoms with Crippen molar-refractivity contribution in [3.63, 3.8) is 0 Å². The van der Waals surface area contributed by atoms with Gasteiger partial charge in [-0.05, 0) is 17.2 Å². The monoisotopic (exact) mass is 256 g/mol. The largest absolute Gasteiger partial charge is 0.481 e. The molecule has 4 heteroatoms. The van der Waals surface area contributed by atoms with Gasteiger partial charge in [-0.1, -0.05) is 30.3 Å². The molecule has 2 heterocycles. The van der Waals surface area contributed by atoms with Crippen LogP contribution in [0.3, 0.4) is 0 Å². The maximum absolute atomic E-state index is 10.5. The van der Waals surface area contributed by atoms with Crippen LogP contribution >= 0.6 is 0 Å². The molecule has 0 aliphatic carbocycles. The third kappa shape index (κ3) is 2.20. The number of rotatable bonds is 3. The molecular formula is C15H16N2O2. The highest BCUT2D eigenvalue weighted by Crippen LogP contribution is 2.34. The molecule has 2 atom stereocenters. The molecule has 3 rings (SSSR count). The van der Waals surface area contributed by atoms with Crippen LogP contribution in [0.2, 0.25) is 0 Å². The molecule has 0 bridgehead atoms. The zero-order valence-corrected chi connectivity index (χ0v) is 10.7. The highest BCUT2D eigenvalue weighted by Gasteiger charge is 2.29. The van der Waals surface area contributed by atoms with Crippen molar-refractivity contribution in [2.45, 2.75) is 18.7 Å². The summed E-state index contributed by atoms with van der Waals surface area (Å²) in [5.74, 6) is 0.517. The Hall–Kier alpha value is -1.91. The van der Waals surface area contributed by atoms with E-state index < -0.39 is 6.10 Å². The maximum atomic E-state index is 10.5. The molecule has 0 radical (unpaired) electrons. The van der Waals surface area contributed by atoms with E-state index in [1.807, 2.05) is 30.3 Å². The van der Waals surface area contributed by atoms with E-state index in [2.05, 4.69) is 16.4 Å². The van der Waals surface area contributed by atoms with Gasteiger partial charge in [-0.15, -0.1) is 0 Å². The summed E-state index contributed by atoms with van der Waals surface area (Å²) in [5, 5.41) is 13.8. The summed E-state index contributed by atoms with van der Waals surface area (Å²) in [7, 11) is 1.57. The first-order valence-corrected chi connectivity index (χ1v) is 6.30. The lowest BCUT2D eigenvalue weighted by molar-refractivity contribution is 0.128. The number of aliphatic hydroxyl groups excluding tert-OH is 1. The number of aromatic nitrogens is 1. The van der Waals surface area contributed by atoms with Crippen LogP contribution in [0.15, 0.2) is 42.5 Å². The van der Waals surface area contributed by atoms with Crippen LogP contribution in [0, 0.1) is 0 Å². The first kappa shape index (κ1) is 12.1. The molecular weight excluding hydrogens is 240 g/mol. The van der Waals surface area contributed by atoms with Crippen LogP contribution < -0.4 is 10.1 Å². The highest BCUT2D eigenvalue weighted by molar-refractivity contribution is 5.35. The lowest BCUT2D eigenvalue weighted by Crippen LogP contribution is -2.21. The number of benzene rings is 1. The Labute approximate surface area is 112 Å². The van der Waals surface area contributed by atoms with Crippen LogP contribution in [-0.4, -0.2) is 17.2 Å². The third-order valence-electron chi connectivity index (χ3n) is 3.48. The number of hydrogen-bond acceptors (Lipinski definition) is 4. The molecule has 1 aliphatic rings. The molecule has 0 amide bonds. The molecule has 0 fully saturated rings. The van der Waals surface area contributed by atoms with Crippen molar-refractivity contribution in [1.29, 1.82) is 0 Å². The Morgan fingerprint density at radius 1 is 1.26 bits per heavy atom. The minimum absolute atomic E-state index is 0.115. The van der Waals surface area contributed by atoms with Crippen LogP contribution in [0.25, 0.3) is 0 Å². The zero-order valence-electron chi connectivity index (χ0n) is 10.7. The van der Waals surface area contributed by atoms with Gasteiger partial charge >= 0.3 is 0 Å². The number of nitrogens with zero attached hydrogens (tertiary/aromatic N) is 1. The van der Waals surface area contributed by atoms with Gasteiger partial charge in [-0.3, -0.25) is 0 Å². The fourth-order valence-electron chi connectivity index (χ4n) is 2.49. The summed E-state index contributed by atoms with van der Waals surface area (Å²) >= 11 is 0. The fraction of sp³-hybridized carbons (Fsp3) is 0.267. The van der Waals surface area contributed by atoms with Crippen LogP contribution in [-0.2, 0) is 6.54 Å². The summed E-state index contributed by atoms with van der Waals surface area (Å²) in [6, 6.07) is 13.4. The van der Waals surface area contributed by atoms with Crippen molar-refractivity contribution < 1.29 is 9.84 Å². The van der Waals surface area contributed by atoms with Crippen molar-refractivity contribution >= 4 is 0 Å². The Balaban J connectivity index is 1.90. The van der Waals surface area contributed by atoms with E-state index in [4.69, 9.17) is 4.74 Å². The van der Waals surface area contributed by atoms with E-state index in [1.54, 1.807) is 13.2 Å². The molecule has 4 nitrogen and oxygen atoms in total. The molecule has 1 aromatic carbocycles. The van der Waals surface area contributed by atoms with Crippen molar-refractivity contribution in [1.82, 2.24) is 10.3 Å². The summed E-state index contributed by atoms with van der Waals surface area (Å²) in [4.78, 5) is 4.30. The van der Waals surface area contributed by atoms with E-state index in [9.17, 15) is 5.11 Å². The molecule has 19 heavy (non-hydrogen) atoms. The summed E-state index contributed by atoms with van der Waals surface area (Å²) < 4.78 is 5.09. The summed E-state index contributed by atoms with van der Waals surface area (Å²) in [5.41, 5.74) is 2.99. The predicted molar refractivity (Wildman–Crippen MR) is 71.8 cm³/mol. The predicted octanol–water partition coefficient (Wildman–Crippen LogP) is 1.97. The molecule has 0 saturated carbocycles. The second-order valence-corrected chi connectivity index (χ2v) is 4.61. The van der Waals surface area contributed by atoms with Crippen LogP contribution in [0.4, 0.5) is 0 Å². The van der Waals surface area contributed by atoms with Gasteiger partial charge in [0, 0.05) is 12.6 Å². The molecule has 1 aromatic heterocycles. The van der Waals surface area contributed by atoms with Crippen molar-refractivity contribution in [2.24, 2.45) is 0 Å². The number of ether oxygens (including phenoxy) is 1. The summed E-state index contributed by atoms with van der Waals surface area (Å²) in [6.45, 7) is 0.780. The van der Waals surface area contributed by atoms with Gasteiger partial charge in [0.05, 0.1) is 18.8 Å². The van der Waals surface area contributed by atoms with E-state index >= 15 is 0 Å². The van der Waals surface area contributed by atoms with Gasteiger partial charge in [-0.25, -0.2) is 4.98 Å². The molecule has 2 unspecified atom stereocenters. The van der Waals surface area contributed by atoms with E-state index in [-0.39, 0.29) is 6.04 Å². The first-order chi connectivity index (χ1) is 9.29. The first-order valence-electron chi connectivity index (χ1n) is 6.30. The van der Waals surface area contributed by atoms with Crippen LogP contribution in [0.5, 0.6) is 5.88 Å². The van der Waals surface area contributed by atoms with Gasteiger partial charge in [-0.2, -0.15) is 0 Å². The standard InChI is InChI=1S/C15H16N2O2/c1-19-13-8-4-7-12(17-13)15(18)14-11-6-3-2-5-10(11)9-16-14/h2-8,14-16,18H,9H2,1H3. The Morgan fingerprint density at radius 3 is 2.95 bits per heavy atom. The molecule has 98 valence electrons. The lowest BCUT2D eigenvalue weighted by Gasteiger charge is -2.19. The number of nitrogens with one attached hydrogen (secondary N) is 1. The average molecular weight is 256 g/mol. The smallest absolute Gasteiger partial charge is 0.213 e. The van der Waals surface area contributed by atoms with Crippen molar-refractivity contribution in [3.05, 3.63) is 59.3 Å². The number of hydrogen-bond donors (Lipinski definition) is 2. The lowest BCUT2D eigenvalue weighted by atomic mass is 9.99. The Morgan fingerprint density at radius 2 is 2.11 bits per heavy atom. The second-order valence-electron chi connectivity index (χ2n) is 4.61. The minimum Gasteiger partial charge on any atom is -0.481 e. The van der Waals surface area contributed by atoms with Gasteiger partial charge in [0.15, 0.2) is 0 Å². The van der Waals surface area contributed by atoms with Crippen LogP contribution in [0.1, 0.15) is 29.0 Å². The minimum atomic E-state index is -0.682. The molecule has 0 saturated heterocycles. The quantitative estimate of drug-likeness (QED) is 0.881. The normalized spacial score (nSPS) is 18.9. The Kier molecular flexibility index (Phi) is 3.19. The molecule has 0 spiro atoms. The Bertz CT molecular complexity index is 586. The van der Waals surface area contributed by atoms with Gasteiger partial charge in [0.2, 0.25) is 5.88 Å². The SMILES string of the molecule is COc1cccc(C(O)C2NCc3ccccc32)n1. The molecule has 2 N–H and O–H groups in total. The van der Waals surface area contributed by atoms with E-state index in [0.717, 1.165) is 12.1 Å². The number of pyridine rings is 1. The molecule has 1 aliphatic heterocycles. The van der Waals surface area contributed by atoms with Gasteiger partial charge < -0.3 is 15.2 Å². The number of fused-ring (bicyclic) bond motifs is 1. The van der Waals surface area contributed by atoms with Gasteiger partial charge in [0.25, 0.3) is 0 Å². The zero-order chi connectivity index (χ0) is 13.2. The fourth-order valence-corrected chi connectivity index (χ4v) is 2.49. The van der Waals surface area contributed by atoms with Crippen molar-refractivity contribution in [3.8, 4) is 5.88 Å². The topological polar surface area (TPSA) is 54.4 Å². The van der Waals surface area contributed by atoms with E-state index in [0.29, 0.717) is 11.6 Å². The number of methoxy groups -OCH3 is 1. The second kappa shape index (κ2) is 4.99. The maximum Gasteiger partial charge on any atom is 0.213 e. The summed E-state index contributed by atoms with van der Waals surface area (Å²) in [6.07, 6.45) is -0.682. The van der Waals surface area contributed by atoms with Gasteiger partial charge in [0.1, 0.15) is 6.10 Å². The number of aliphatic hydroxyl groups is 1. The highest BCUT2D eigenvalue weighted by atomic mass is 16.5. The third-order valence-corrected chi connectivity index (χ3v) is 3.48.